The monoisotopic (exact) mass is 284 g/mol. The molecule has 0 saturated carbocycles. The molecule has 1 unspecified atom stereocenters. The molecule has 1 heterocycles. The van der Waals surface area contributed by atoms with Gasteiger partial charge < -0.3 is 9.84 Å². The fourth-order valence-corrected chi connectivity index (χ4v) is 2.17. The van der Waals surface area contributed by atoms with Crippen LogP contribution in [-0.4, -0.2) is 22.8 Å². The van der Waals surface area contributed by atoms with E-state index in [4.69, 9.17) is 16.3 Å². The summed E-state index contributed by atoms with van der Waals surface area (Å²) in [5, 5.41) is 9.68. The Hall–Kier alpha value is -1.55. The Labute approximate surface area is 115 Å². The van der Waals surface area contributed by atoms with E-state index in [1.165, 1.54) is 19.9 Å². The maximum Gasteiger partial charge on any atom is 0.335 e. The molecule has 3 nitrogen and oxygen atoms in total. The van der Waals surface area contributed by atoms with Gasteiger partial charge in [-0.1, -0.05) is 11.6 Å². The third kappa shape index (κ3) is 2.59. The molecular formula is C14H14ClFO3. The number of ether oxygens (including phenoxy) is 1. The lowest BCUT2D eigenvalue weighted by Crippen LogP contribution is -2.42. The van der Waals surface area contributed by atoms with Crippen molar-refractivity contribution < 1.29 is 19.0 Å². The minimum atomic E-state index is -1.81. The van der Waals surface area contributed by atoms with Gasteiger partial charge in [0, 0.05) is 10.6 Å². The topological polar surface area (TPSA) is 46.5 Å². The third-order valence-corrected chi connectivity index (χ3v) is 3.41. The van der Waals surface area contributed by atoms with Gasteiger partial charge in [-0.05, 0) is 44.5 Å². The summed E-state index contributed by atoms with van der Waals surface area (Å²) in [6.07, 6.45) is 0.285. The quantitative estimate of drug-likeness (QED) is 0.902. The van der Waals surface area contributed by atoms with Crippen molar-refractivity contribution in [3.63, 3.8) is 0 Å². The predicted octanol–water partition coefficient (Wildman–Crippen LogP) is 3.63. The molecule has 0 bridgehead atoms. The second-order valence-electron chi connectivity index (χ2n) is 5.11. The summed E-state index contributed by atoms with van der Waals surface area (Å²) in [5.41, 5.74) is -0.497. The zero-order chi connectivity index (χ0) is 14.4. The Morgan fingerprint density at radius 2 is 2.11 bits per heavy atom. The molecular weight excluding hydrogens is 271 g/mol. The van der Waals surface area contributed by atoms with E-state index in [9.17, 15) is 14.3 Å². The Bertz CT molecular complexity index is 573. The number of aryl methyl sites for hydroxylation is 1. The number of hydrogen-bond donors (Lipinski definition) is 1. The third-order valence-electron chi connectivity index (χ3n) is 3.00. The molecule has 0 aromatic heterocycles. The van der Waals surface area contributed by atoms with Crippen LogP contribution >= 0.6 is 11.6 Å². The van der Waals surface area contributed by atoms with Crippen molar-refractivity contribution in [2.45, 2.75) is 32.5 Å². The van der Waals surface area contributed by atoms with E-state index < -0.39 is 17.7 Å². The van der Waals surface area contributed by atoms with Crippen LogP contribution in [0.2, 0.25) is 5.02 Å². The van der Waals surface area contributed by atoms with Gasteiger partial charge in [0.15, 0.2) is 6.10 Å². The van der Waals surface area contributed by atoms with Gasteiger partial charge in [0.05, 0.1) is 5.57 Å². The van der Waals surface area contributed by atoms with Crippen molar-refractivity contribution in [2.75, 3.05) is 0 Å². The summed E-state index contributed by atoms with van der Waals surface area (Å²) in [7, 11) is 0. The molecule has 2 rings (SSSR count). The summed E-state index contributed by atoms with van der Waals surface area (Å²) in [4.78, 5) is 11.2. The van der Waals surface area contributed by atoms with Crippen LogP contribution in [-0.2, 0) is 4.79 Å². The Balaban J connectivity index is 2.57. The van der Waals surface area contributed by atoms with Gasteiger partial charge >= 0.3 is 5.97 Å². The van der Waals surface area contributed by atoms with E-state index in [1.807, 2.05) is 6.92 Å². The Morgan fingerprint density at radius 1 is 1.47 bits per heavy atom. The van der Waals surface area contributed by atoms with Crippen molar-refractivity contribution in [3.05, 3.63) is 33.9 Å². The van der Waals surface area contributed by atoms with Gasteiger partial charge in [0.2, 0.25) is 0 Å². The second-order valence-corrected chi connectivity index (χ2v) is 5.51. The van der Waals surface area contributed by atoms with Crippen LogP contribution in [0.3, 0.4) is 0 Å². The Morgan fingerprint density at radius 3 is 2.63 bits per heavy atom. The first kappa shape index (κ1) is 13.9. The zero-order valence-corrected chi connectivity index (χ0v) is 11.6. The predicted molar refractivity (Wildman–Crippen MR) is 71.4 cm³/mol. The van der Waals surface area contributed by atoms with E-state index in [0.717, 1.165) is 5.56 Å². The molecule has 1 aliphatic heterocycles. The summed E-state index contributed by atoms with van der Waals surface area (Å²) in [6, 6.07) is 3.31. The molecule has 102 valence electrons. The first-order valence-electron chi connectivity index (χ1n) is 5.80. The molecule has 1 aromatic carbocycles. The number of fused-ring (bicyclic) bond motifs is 1. The number of carboxylic acids is 1. The number of halogens is 2. The molecule has 0 fully saturated rings. The Kier molecular flexibility index (Phi) is 3.31. The first-order chi connectivity index (χ1) is 8.70. The fourth-order valence-electron chi connectivity index (χ4n) is 2.02. The van der Waals surface area contributed by atoms with Gasteiger partial charge in [-0.15, -0.1) is 0 Å². The average molecular weight is 285 g/mol. The average Bonchev–Trinajstić information content (AvgIpc) is 2.27. The lowest BCUT2D eigenvalue weighted by molar-refractivity contribution is -0.134. The van der Waals surface area contributed by atoms with Crippen molar-refractivity contribution in [3.8, 4) is 5.75 Å². The molecule has 0 amide bonds. The van der Waals surface area contributed by atoms with Crippen LogP contribution in [0.25, 0.3) is 6.08 Å². The molecule has 0 aliphatic carbocycles. The van der Waals surface area contributed by atoms with Gasteiger partial charge in [-0.2, -0.15) is 0 Å². The standard InChI is InChI=1S/C14H14ClFO3/c1-7-4-8-5-9(13(17)18)12(14(2,3)16)19-11(8)6-10(7)15/h4-6,12H,1-3H3,(H,17,18). The normalized spacial score (nSPS) is 18.4. The lowest BCUT2D eigenvalue weighted by Gasteiger charge is -2.32. The molecule has 1 atom stereocenters. The second kappa shape index (κ2) is 4.53. The maximum atomic E-state index is 14.1. The largest absolute Gasteiger partial charge is 0.481 e. The van der Waals surface area contributed by atoms with Gasteiger partial charge in [-0.25, -0.2) is 9.18 Å². The molecule has 1 aromatic rings. The number of carboxylic acid groups (broad SMARTS) is 1. The van der Waals surface area contributed by atoms with Crippen LogP contribution < -0.4 is 4.74 Å². The molecule has 19 heavy (non-hydrogen) atoms. The maximum absolute atomic E-state index is 14.1. The van der Waals surface area contributed by atoms with Crippen LogP contribution in [0.5, 0.6) is 5.75 Å². The summed E-state index contributed by atoms with van der Waals surface area (Å²) in [5.74, 6) is -0.787. The molecule has 0 saturated heterocycles. The summed E-state index contributed by atoms with van der Waals surface area (Å²) in [6.45, 7) is 4.38. The highest BCUT2D eigenvalue weighted by atomic mass is 35.5. The highest BCUT2D eigenvalue weighted by molar-refractivity contribution is 6.31. The van der Waals surface area contributed by atoms with E-state index in [2.05, 4.69) is 0 Å². The SMILES string of the molecule is Cc1cc2c(cc1Cl)OC(C(C)(C)F)C(C(=O)O)=C2. The van der Waals surface area contributed by atoms with Crippen LogP contribution in [0.1, 0.15) is 25.0 Å². The first-order valence-corrected chi connectivity index (χ1v) is 6.18. The van der Waals surface area contributed by atoms with Crippen LogP contribution in [0.4, 0.5) is 4.39 Å². The molecule has 0 spiro atoms. The van der Waals surface area contributed by atoms with Gasteiger partial charge in [-0.3, -0.25) is 0 Å². The van der Waals surface area contributed by atoms with E-state index in [0.29, 0.717) is 16.3 Å². The summed E-state index contributed by atoms with van der Waals surface area (Å²) >= 11 is 6.00. The smallest absolute Gasteiger partial charge is 0.335 e. The van der Waals surface area contributed by atoms with E-state index >= 15 is 0 Å². The van der Waals surface area contributed by atoms with Gasteiger partial charge in [0.1, 0.15) is 11.4 Å². The van der Waals surface area contributed by atoms with Crippen LogP contribution in [0, 0.1) is 6.92 Å². The van der Waals surface area contributed by atoms with Crippen molar-refractivity contribution >= 4 is 23.6 Å². The number of rotatable bonds is 2. The highest BCUT2D eigenvalue weighted by Gasteiger charge is 2.40. The molecule has 1 N–H and O–H groups in total. The number of aliphatic carboxylic acids is 1. The minimum absolute atomic E-state index is 0.0956. The lowest BCUT2D eigenvalue weighted by atomic mass is 9.91. The zero-order valence-electron chi connectivity index (χ0n) is 10.8. The van der Waals surface area contributed by atoms with Crippen molar-refractivity contribution in [2.24, 2.45) is 0 Å². The summed E-state index contributed by atoms with van der Waals surface area (Å²) < 4.78 is 19.6. The fraction of sp³-hybridized carbons (Fsp3) is 0.357. The van der Waals surface area contributed by atoms with Crippen molar-refractivity contribution in [1.29, 1.82) is 0 Å². The number of alkyl halides is 1. The number of hydrogen-bond acceptors (Lipinski definition) is 2. The van der Waals surface area contributed by atoms with E-state index in [-0.39, 0.29) is 5.57 Å². The number of carbonyl (C=O) groups is 1. The van der Waals surface area contributed by atoms with Crippen LogP contribution in [0.15, 0.2) is 17.7 Å². The van der Waals surface area contributed by atoms with Crippen molar-refractivity contribution in [1.82, 2.24) is 0 Å². The van der Waals surface area contributed by atoms with Gasteiger partial charge in [0.25, 0.3) is 0 Å². The number of benzene rings is 1. The van der Waals surface area contributed by atoms with E-state index in [1.54, 1.807) is 12.1 Å². The molecule has 1 aliphatic rings. The molecule has 0 radical (unpaired) electrons. The minimum Gasteiger partial charge on any atom is -0.481 e. The molecule has 5 heteroatoms. The highest BCUT2D eigenvalue weighted by Crippen LogP contribution is 2.37.